The number of carboxylic acids is 1. The number of rotatable bonds is 7. The smallest absolute Gasteiger partial charge is 0.318 e. The van der Waals surface area contributed by atoms with Crippen LogP contribution in [0.4, 0.5) is 0 Å². The molecule has 0 bridgehead atoms. The molecule has 6 nitrogen and oxygen atoms in total. The van der Waals surface area contributed by atoms with E-state index in [4.69, 9.17) is 5.11 Å². The molecule has 0 heterocycles. The van der Waals surface area contributed by atoms with Crippen molar-refractivity contribution in [1.29, 1.82) is 0 Å². The van der Waals surface area contributed by atoms with E-state index in [0.29, 0.717) is 0 Å². The summed E-state index contributed by atoms with van der Waals surface area (Å²) >= 11 is 0. The van der Waals surface area contributed by atoms with Gasteiger partial charge in [-0.1, -0.05) is 0 Å². The number of methoxy groups -OCH3 is 1. The van der Waals surface area contributed by atoms with E-state index in [9.17, 15) is 13.2 Å². The Kier molecular flexibility index (Phi) is 5.77. The van der Waals surface area contributed by atoms with Gasteiger partial charge >= 0.3 is 5.97 Å². The Bertz CT molecular complexity index is 298. The molecular formula is C8H17NO5S. The average molecular weight is 239 g/mol. The number of carbonyl (C=O) groups is 1. The Labute approximate surface area is 89.9 Å². The van der Waals surface area contributed by atoms with Crippen LogP contribution in [0.1, 0.15) is 13.8 Å². The van der Waals surface area contributed by atoms with Crippen LogP contribution in [0.15, 0.2) is 0 Å². The molecule has 0 rings (SSSR count). The van der Waals surface area contributed by atoms with Crippen LogP contribution in [0.2, 0.25) is 0 Å². The molecule has 0 fully saturated rings. The van der Waals surface area contributed by atoms with Gasteiger partial charge in [0.25, 0.3) is 0 Å². The molecule has 0 aliphatic rings. The summed E-state index contributed by atoms with van der Waals surface area (Å²) in [4.78, 5) is 10.5. The number of carboxylic acid groups (broad SMARTS) is 1. The number of aliphatic carboxylic acids is 1. The van der Waals surface area contributed by atoms with Gasteiger partial charge in [0.05, 0.1) is 12.4 Å². The van der Waals surface area contributed by atoms with Crippen molar-refractivity contribution in [2.24, 2.45) is 0 Å². The van der Waals surface area contributed by atoms with Gasteiger partial charge in [0.1, 0.15) is 6.54 Å². The summed E-state index contributed by atoms with van der Waals surface area (Å²) in [6.45, 7) is 2.81. The van der Waals surface area contributed by atoms with Crippen molar-refractivity contribution in [2.45, 2.75) is 19.9 Å². The van der Waals surface area contributed by atoms with Gasteiger partial charge < -0.3 is 9.84 Å². The lowest BCUT2D eigenvalue weighted by molar-refractivity contribution is -0.137. The van der Waals surface area contributed by atoms with Gasteiger partial charge in [-0.3, -0.25) is 4.79 Å². The second-order valence-corrected chi connectivity index (χ2v) is 5.38. The molecule has 0 atom stereocenters. The summed E-state index contributed by atoms with van der Waals surface area (Å²) in [6.07, 6.45) is 0. The van der Waals surface area contributed by atoms with E-state index in [2.05, 4.69) is 4.74 Å². The molecular weight excluding hydrogens is 222 g/mol. The molecule has 7 heteroatoms. The topological polar surface area (TPSA) is 83.9 Å². The van der Waals surface area contributed by atoms with E-state index in [1.807, 2.05) is 0 Å². The van der Waals surface area contributed by atoms with Crippen molar-refractivity contribution < 1.29 is 23.1 Å². The molecule has 0 spiro atoms. The van der Waals surface area contributed by atoms with E-state index < -0.39 is 22.5 Å². The maximum atomic E-state index is 11.6. The van der Waals surface area contributed by atoms with Crippen LogP contribution in [0.5, 0.6) is 0 Å². The molecule has 0 radical (unpaired) electrons. The molecule has 1 N–H and O–H groups in total. The molecule has 90 valence electrons. The quantitative estimate of drug-likeness (QED) is 0.662. The Morgan fingerprint density at radius 3 is 2.33 bits per heavy atom. The first kappa shape index (κ1) is 14.3. The lowest BCUT2D eigenvalue weighted by Gasteiger charge is -2.23. The second-order valence-electron chi connectivity index (χ2n) is 3.34. The molecule has 0 aromatic rings. The largest absolute Gasteiger partial charge is 0.480 e. The van der Waals surface area contributed by atoms with Crippen molar-refractivity contribution in [3.05, 3.63) is 0 Å². The van der Waals surface area contributed by atoms with Gasteiger partial charge in [-0.05, 0) is 13.8 Å². The fourth-order valence-corrected chi connectivity index (χ4v) is 2.60. The third-order valence-corrected chi connectivity index (χ3v) is 3.72. The number of nitrogens with zero attached hydrogens (tertiary/aromatic N) is 1. The first-order valence-electron chi connectivity index (χ1n) is 4.51. The highest BCUT2D eigenvalue weighted by molar-refractivity contribution is 7.89. The van der Waals surface area contributed by atoms with Gasteiger partial charge in [-0.15, -0.1) is 0 Å². The Hall–Kier alpha value is -0.660. The zero-order chi connectivity index (χ0) is 12.1. The minimum atomic E-state index is -3.55. The zero-order valence-electron chi connectivity index (χ0n) is 9.13. The molecule has 0 aliphatic heterocycles. The first-order chi connectivity index (χ1) is 6.81. The molecule has 0 saturated carbocycles. The molecule has 0 aliphatic carbocycles. The van der Waals surface area contributed by atoms with E-state index in [0.717, 1.165) is 4.31 Å². The molecule has 0 saturated heterocycles. The maximum Gasteiger partial charge on any atom is 0.318 e. The van der Waals surface area contributed by atoms with Crippen LogP contribution < -0.4 is 0 Å². The maximum absolute atomic E-state index is 11.6. The van der Waals surface area contributed by atoms with Crippen LogP contribution in [0.25, 0.3) is 0 Å². The van der Waals surface area contributed by atoms with Crippen LogP contribution in [-0.2, 0) is 19.6 Å². The van der Waals surface area contributed by atoms with Gasteiger partial charge in [-0.2, -0.15) is 4.31 Å². The summed E-state index contributed by atoms with van der Waals surface area (Å²) in [7, 11) is -2.16. The van der Waals surface area contributed by atoms with Crippen LogP contribution >= 0.6 is 0 Å². The predicted octanol–water partition coefficient (Wildman–Crippen LogP) is -0.242. The third kappa shape index (κ3) is 5.10. The summed E-state index contributed by atoms with van der Waals surface area (Å²) in [5.41, 5.74) is 0. The van der Waals surface area contributed by atoms with Crippen LogP contribution in [0, 0.1) is 0 Å². The number of sulfonamides is 1. The average Bonchev–Trinajstić information content (AvgIpc) is 2.10. The highest BCUT2D eigenvalue weighted by atomic mass is 32.2. The number of ether oxygens (including phenoxy) is 1. The first-order valence-corrected chi connectivity index (χ1v) is 6.12. The minimum Gasteiger partial charge on any atom is -0.480 e. The fraction of sp³-hybridized carbons (Fsp3) is 0.875. The second kappa shape index (κ2) is 6.04. The Morgan fingerprint density at radius 1 is 1.47 bits per heavy atom. The lowest BCUT2D eigenvalue weighted by Crippen LogP contribution is -2.42. The third-order valence-electron chi connectivity index (χ3n) is 1.77. The highest BCUT2D eigenvalue weighted by Gasteiger charge is 2.26. The zero-order valence-corrected chi connectivity index (χ0v) is 9.95. The van der Waals surface area contributed by atoms with Crippen molar-refractivity contribution in [1.82, 2.24) is 4.31 Å². The van der Waals surface area contributed by atoms with Crippen LogP contribution in [-0.4, -0.2) is 55.9 Å². The minimum absolute atomic E-state index is 0.0607. The summed E-state index contributed by atoms with van der Waals surface area (Å²) in [5.74, 6) is -1.36. The van der Waals surface area contributed by atoms with E-state index in [1.165, 1.54) is 7.11 Å². The Balaban J connectivity index is 4.67. The monoisotopic (exact) mass is 239 g/mol. The number of hydrogen-bond donors (Lipinski definition) is 1. The van der Waals surface area contributed by atoms with Gasteiger partial charge in [-0.25, -0.2) is 8.42 Å². The summed E-state index contributed by atoms with van der Waals surface area (Å²) in [5, 5.41) is 8.58. The van der Waals surface area contributed by atoms with Crippen molar-refractivity contribution >= 4 is 16.0 Å². The van der Waals surface area contributed by atoms with Gasteiger partial charge in [0, 0.05) is 13.2 Å². The highest BCUT2D eigenvalue weighted by Crippen LogP contribution is 2.07. The van der Waals surface area contributed by atoms with Crippen molar-refractivity contribution in [3.63, 3.8) is 0 Å². The summed E-state index contributed by atoms with van der Waals surface area (Å²) < 4.78 is 28.9. The van der Waals surface area contributed by atoms with E-state index in [-0.39, 0.29) is 18.4 Å². The van der Waals surface area contributed by atoms with E-state index >= 15 is 0 Å². The van der Waals surface area contributed by atoms with Gasteiger partial charge in [0.2, 0.25) is 10.0 Å². The predicted molar refractivity (Wildman–Crippen MR) is 55.1 cm³/mol. The molecule has 0 amide bonds. The summed E-state index contributed by atoms with van der Waals surface area (Å²) in [6, 6.07) is -0.372. The van der Waals surface area contributed by atoms with Crippen molar-refractivity contribution in [3.8, 4) is 0 Å². The molecule has 0 unspecified atom stereocenters. The Morgan fingerprint density at radius 2 is 2.00 bits per heavy atom. The molecule has 0 aromatic heterocycles. The van der Waals surface area contributed by atoms with Crippen molar-refractivity contribution in [2.75, 3.05) is 26.0 Å². The lowest BCUT2D eigenvalue weighted by atomic mass is 10.4. The van der Waals surface area contributed by atoms with Crippen LogP contribution in [0.3, 0.4) is 0 Å². The SMILES string of the molecule is COCCS(=O)(=O)N(CC(=O)O)C(C)C. The molecule has 15 heavy (non-hydrogen) atoms. The number of hydrogen-bond acceptors (Lipinski definition) is 4. The standard InChI is InChI=1S/C8H17NO5S/c1-7(2)9(6-8(10)11)15(12,13)5-4-14-3/h7H,4-6H2,1-3H3,(H,10,11). The molecule has 0 aromatic carbocycles. The fourth-order valence-electron chi connectivity index (χ4n) is 1.04. The van der Waals surface area contributed by atoms with E-state index in [1.54, 1.807) is 13.8 Å². The van der Waals surface area contributed by atoms with Gasteiger partial charge in [0.15, 0.2) is 0 Å². The normalized spacial score (nSPS) is 12.3.